The summed E-state index contributed by atoms with van der Waals surface area (Å²) in [5.74, 6) is 0.271. The topological polar surface area (TPSA) is 52.0 Å². The molecule has 3 atom stereocenters. The van der Waals surface area contributed by atoms with Crippen LogP contribution in [0.25, 0.3) is 0 Å². The van der Waals surface area contributed by atoms with E-state index in [1.165, 1.54) is 0 Å². The lowest BCUT2D eigenvalue weighted by Crippen LogP contribution is -2.26. The first-order chi connectivity index (χ1) is 3.07. The Labute approximate surface area is 43.9 Å². The highest BCUT2D eigenvalue weighted by Crippen LogP contribution is 2.37. The minimum Gasteiger partial charge on any atom is -0.322 e. The molecular formula is C5H11N2+. The van der Waals surface area contributed by atoms with Gasteiger partial charge in [0.2, 0.25) is 0 Å². The SMILES string of the molecule is [CH2+]C1C(N)C1(C)N. The van der Waals surface area contributed by atoms with Crippen LogP contribution in [-0.4, -0.2) is 11.6 Å². The van der Waals surface area contributed by atoms with Crippen LogP contribution in [0.2, 0.25) is 0 Å². The maximum absolute atomic E-state index is 5.56. The lowest BCUT2D eigenvalue weighted by Gasteiger charge is -1.91. The third kappa shape index (κ3) is 0.437. The molecule has 0 spiro atoms. The summed E-state index contributed by atoms with van der Waals surface area (Å²) in [4.78, 5) is 0. The second-order valence-electron chi connectivity index (χ2n) is 2.50. The first-order valence-electron chi connectivity index (χ1n) is 2.44. The Hall–Kier alpha value is -0.210. The lowest BCUT2D eigenvalue weighted by atomic mass is 10.3. The van der Waals surface area contributed by atoms with Crippen molar-refractivity contribution in [3.63, 3.8) is 0 Å². The van der Waals surface area contributed by atoms with Gasteiger partial charge in [0.05, 0.1) is 18.5 Å². The molecule has 0 aliphatic heterocycles. The van der Waals surface area contributed by atoms with Gasteiger partial charge in [0.1, 0.15) is 5.92 Å². The summed E-state index contributed by atoms with van der Waals surface area (Å²) < 4.78 is 0. The Kier molecular flexibility index (Phi) is 0.674. The van der Waals surface area contributed by atoms with Gasteiger partial charge in [-0.25, -0.2) is 0 Å². The van der Waals surface area contributed by atoms with Crippen LogP contribution < -0.4 is 11.5 Å². The van der Waals surface area contributed by atoms with Crippen molar-refractivity contribution in [1.82, 2.24) is 0 Å². The average molecular weight is 99.2 g/mol. The zero-order valence-corrected chi connectivity index (χ0v) is 4.52. The van der Waals surface area contributed by atoms with Gasteiger partial charge in [0, 0.05) is 0 Å². The first kappa shape index (κ1) is 4.94. The number of hydrogen-bond donors (Lipinski definition) is 2. The molecule has 0 aromatic rings. The van der Waals surface area contributed by atoms with Crippen molar-refractivity contribution in [2.75, 3.05) is 0 Å². The summed E-state index contributed by atoms with van der Waals surface area (Å²) in [5, 5.41) is 0. The van der Waals surface area contributed by atoms with Crippen LogP contribution in [-0.2, 0) is 0 Å². The molecule has 1 saturated carbocycles. The molecule has 0 radical (unpaired) electrons. The van der Waals surface area contributed by atoms with E-state index in [9.17, 15) is 0 Å². The molecule has 1 fully saturated rings. The lowest BCUT2D eigenvalue weighted by molar-refractivity contribution is 0.696. The van der Waals surface area contributed by atoms with E-state index in [1.807, 2.05) is 6.92 Å². The molecule has 3 unspecified atom stereocenters. The Morgan fingerprint density at radius 1 is 1.71 bits per heavy atom. The fraction of sp³-hybridized carbons (Fsp3) is 0.800. The normalized spacial score (nSPS) is 59.9. The van der Waals surface area contributed by atoms with Crippen LogP contribution in [0.4, 0.5) is 0 Å². The molecule has 2 nitrogen and oxygen atoms in total. The predicted octanol–water partition coefficient (Wildman–Crippen LogP) is -0.505. The molecule has 0 aromatic heterocycles. The molecule has 1 aliphatic carbocycles. The third-order valence-corrected chi connectivity index (χ3v) is 1.84. The van der Waals surface area contributed by atoms with E-state index in [1.54, 1.807) is 0 Å². The van der Waals surface area contributed by atoms with E-state index in [-0.39, 0.29) is 17.5 Å². The molecule has 40 valence electrons. The summed E-state index contributed by atoms with van der Waals surface area (Å²) in [6.07, 6.45) is 0. The Morgan fingerprint density at radius 2 is 1.86 bits per heavy atom. The van der Waals surface area contributed by atoms with Crippen molar-refractivity contribution < 1.29 is 0 Å². The summed E-state index contributed by atoms with van der Waals surface area (Å²) in [6, 6.07) is 0.132. The van der Waals surface area contributed by atoms with Gasteiger partial charge in [0.15, 0.2) is 0 Å². The minimum atomic E-state index is -0.167. The number of hydrogen-bond acceptors (Lipinski definition) is 2. The predicted molar refractivity (Wildman–Crippen MR) is 29.4 cm³/mol. The maximum Gasteiger partial charge on any atom is 0.131 e. The van der Waals surface area contributed by atoms with Crippen molar-refractivity contribution >= 4 is 0 Å². The molecule has 1 aliphatic rings. The molecule has 4 N–H and O–H groups in total. The van der Waals surface area contributed by atoms with E-state index in [0.717, 1.165) is 0 Å². The summed E-state index contributed by atoms with van der Waals surface area (Å²) in [6.45, 7) is 5.66. The zero-order valence-electron chi connectivity index (χ0n) is 4.52. The Morgan fingerprint density at radius 3 is 1.86 bits per heavy atom. The van der Waals surface area contributed by atoms with E-state index in [4.69, 9.17) is 11.5 Å². The van der Waals surface area contributed by atoms with Gasteiger partial charge in [-0.1, -0.05) is 0 Å². The smallest absolute Gasteiger partial charge is 0.131 e. The first-order valence-corrected chi connectivity index (χ1v) is 2.44. The van der Waals surface area contributed by atoms with Crippen molar-refractivity contribution in [2.24, 2.45) is 17.4 Å². The Balaban J connectivity index is 2.52. The molecule has 0 aromatic carbocycles. The molecule has 0 heterocycles. The molecule has 2 heteroatoms. The van der Waals surface area contributed by atoms with Gasteiger partial charge in [0.25, 0.3) is 0 Å². The monoisotopic (exact) mass is 99.1 g/mol. The number of nitrogens with two attached hydrogens (primary N) is 2. The average Bonchev–Trinajstić information content (AvgIpc) is 1.91. The second-order valence-corrected chi connectivity index (χ2v) is 2.50. The van der Waals surface area contributed by atoms with E-state index >= 15 is 0 Å². The Bertz CT molecular complexity index is 78.1. The quantitative estimate of drug-likeness (QED) is 0.402. The number of rotatable bonds is 0. The minimum absolute atomic E-state index is 0.132. The van der Waals surface area contributed by atoms with Gasteiger partial charge in [-0.2, -0.15) is 0 Å². The fourth-order valence-corrected chi connectivity index (χ4v) is 0.661. The molecule has 1 rings (SSSR count). The van der Waals surface area contributed by atoms with Crippen LogP contribution in [0.3, 0.4) is 0 Å². The summed E-state index contributed by atoms with van der Waals surface area (Å²) >= 11 is 0. The summed E-state index contributed by atoms with van der Waals surface area (Å²) in [7, 11) is 0. The van der Waals surface area contributed by atoms with Crippen molar-refractivity contribution in [3.8, 4) is 0 Å². The van der Waals surface area contributed by atoms with Gasteiger partial charge in [-0.05, 0) is 6.92 Å². The fourth-order valence-electron chi connectivity index (χ4n) is 0.661. The molecule has 0 amide bonds. The van der Waals surface area contributed by atoms with Crippen LogP contribution in [0.5, 0.6) is 0 Å². The van der Waals surface area contributed by atoms with E-state index < -0.39 is 0 Å². The van der Waals surface area contributed by atoms with Crippen LogP contribution in [0, 0.1) is 12.8 Å². The molecule has 0 bridgehead atoms. The molecular weight excluding hydrogens is 88.1 g/mol. The van der Waals surface area contributed by atoms with Crippen molar-refractivity contribution in [2.45, 2.75) is 18.5 Å². The third-order valence-electron chi connectivity index (χ3n) is 1.84. The molecule has 7 heavy (non-hydrogen) atoms. The van der Waals surface area contributed by atoms with Gasteiger partial charge < -0.3 is 11.5 Å². The highest BCUT2D eigenvalue weighted by molar-refractivity contribution is 5.18. The van der Waals surface area contributed by atoms with Crippen molar-refractivity contribution in [3.05, 3.63) is 6.92 Å². The molecule has 0 saturated heterocycles. The highest BCUT2D eigenvalue weighted by atomic mass is 15.0. The van der Waals surface area contributed by atoms with E-state index in [2.05, 4.69) is 6.92 Å². The van der Waals surface area contributed by atoms with Crippen LogP contribution in [0.1, 0.15) is 6.92 Å². The van der Waals surface area contributed by atoms with Gasteiger partial charge >= 0.3 is 0 Å². The second kappa shape index (κ2) is 0.956. The van der Waals surface area contributed by atoms with E-state index in [0.29, 0.717) is 0 Å². The van der Waals surface area contributed by atoms with Crippen LogP contribution in [0.15, 0.2) is 0 Å². The van der Waals surface area contributed by atoms with Crippen molar-refractivity contribution in [1.29, 1.82) is 0 Å². The van der Waals surface area contributed by atoms with Gasteiger partial charge in [-0.15, -0.1) is 0 Å². The standard InChI is InChI=1S/C5H11N2/c1-3-4(6)5(3,2)7/h3-4H,1,6-7H2,2H3/q+1. The maximum atomic E-state index is 5.56. The highest BCUT2D eigenvalue weighted by Gasteiger charge is 2.59. The zero-order chi connectivity index (χ0) is 5.65. The van der Waals surface area contributed by atoms with Crippen LogP contribution >= 0.6 is 0 Å². The summed E-state index contributed by atoms with van der Waals surface area (Å²) in [5.41, 5.74) is 10.9. The van der Waals surface area contributed by atoms with Gasteiger partial charge in [-0.3, -0.25) is 0 Å². The largest absolute Gasteiger partial charge is 0.322 e.